The molecule has 90 valence electrons. The van der Waals surface area contributed by atoms with E-state index in [1.165, 1.54) is 23.5 Å². The number of aromatic nitrogens is 1. The number of anilines is 1. The van der Waals surface area contributed by atoms with Crippen LogP contribution in [0.5, 0.6) is 0 Å². The second-order valence-corrected chi connectivity index (χ2v) is 5.63. The summed E-state index contributed by atoms with van der Waals surface area (Å²) in [5.41, 5.74) is 0.689. The van der Waals surface area contributed by atoms with Crippen LogP contribution in [0.25, 0.3) is 10.2 Å². The Labute approximate surface area is 110 Å². The molecule has 0 aliphatic rings. The van der Waals surface area contributed by atoms with Crippen molar-refractivity contribution >= 4 is 48.5 Å². The molecule has 0 saturated carbocycles. The third kappa shape index (κ3) is 2.81. The van der Waals surface area contributed by atoms with E-state index in [0.29, 0.717) is 17.1 Å². The van der Waals surface area contributed by atoms with Gasteiger partial charge in [0.25, 0.3) is 0 Å². The number of halogens is 2. The minimum Gasteiger partial charge on any atom is -0.301 e. The molecule has 1 aromatic carbocycles. The Morgan fingerprint density at radius 2 is 2.41 bits per heavy atom. The van der Waals surface area contributed by atoms with Crippen molar-refractivity contribution in [2.75, 3.05) is 5.32 Å². The summed E-state index contributed by atoms with van der Waals surface area (Å²) in [4.78, 5) is 15.6. The summed E-state index contributed by atoms with van der Waals surface area (Å²) < 4.78 is 13.7. The van der Waals surface area contributed by atoms with Gasteiger partial charge in [0, 0.05) is 0 Å². The summed E-state index contributed by atoms with van der Waals surface area (Å²) in [5.74, 6) is -0.432. The van der Waals surface area contributed by atoms with Crippen molar-refractivity contribution in [2.24, 2.45) is 0 Å². The SMILES string of the molecule is CC[C@@H](Br)C(=O)Nc1nc2ccc(F)cc2s1. The first-order valence-corrected chi connectivity index (χ1v) is 6.84. The van der Waals surface area contributed by atoms with E-state index in [9.17, 15) is 9.18 Å². The van der Waals surface area contributed by atoms with E-state index in [1.807, 2.05) is 6.92 Å². The highest BCUT2D eigenvalue weighted by atomic mass is 79.9. The lowest BCUT2D eigenvalue weighted by Crippen LogP contribution is -2.21. The summed E-state index contributed by atoms with van der Waals surface area (Å²) in [6, 6.07) is 4.36. The first kappa shape index (κ1) is 12.4. The molecule has 0 radical (unpaired) electrons. The Hall–Kier alpha value is -1.01. The van der Waals surface area contributed by atoms with Gasteiger partial charge in [-0.25, -0.2) is 9.37 Å². The number of nitrogens with zero attached hydrogens (tertiary/aromatic N) is 1. The van der Waals surface area contributed by atoms with E-state index in [-0.39, 0.29) is 16.6 Å². The van der Waals surface area contributed by atoms with Crippen molar-refractivity contribution < 1.29 is 9.18 Å². The third-order valence-corrected chi connectivity index (χ3v) is 4.22. The number of benzene rings is 1. The Balaban J connectivity index is 2.22. The third-order valence-electron chi connectivity index (χ3n) is 2.22. The minimum absolute atomic E-state index is 0.132. The predicted octanol–water partition coefficient (Wildman–Crippen LogP) is 3.55. The van der Waals surface area contributed by atoms with Gasteiger partial charge in [-0.3, -0.25) is 4.79 Å². The van der Waals surface area contributed by atoms with Crippen LogP contribution < -0.4 is 5.32 Å². The first-order chi connectivity index (χ1) is 8.10. The van der Waals surface area contributed by atoms with Crippen LogP contribution in [-0.4, -0.2) is 15.7 Å². The van der Waals surface area contributed by atoms with Crippen molar-refractivity contribution in [3.05, 3.63) is 24.0 Å². The number of fused-ring (bicyclic) bond motifs is 1. The molecule has 1 N–H and O–H groups in total. The molecule has 2 aromatic rings. The monoisotopic (exact) mass is 316 g/mol. The smallest absolute Gasteiger partial charge is 0.239 e. The van der Waals surface area contributed by atoms with Gasteiger partial charge in [0.2, 0.25) is 5.91 Å². The van der Waals surface area contributed by atoms with Crippen LogP contribution in [0.3, 0.4) is 0 Å². The molecule has 6 heteroatoms. The van der Waals surface area contributed by atoms with Crippen molar-refractivity contribution in [3.8, 4) is 0 Å². The van der Waals surface area contributed by atoms with Gasteiger partial charge < -0.3 is 5.32 Å². The molecule has 1 atom stereocenters. The fraction of sp³-hybridized carbons (Fsp3) is 0.273. The quantitative estimate of drug-likeness (QED) is 0.880. The predicted molar refractivity (Wildman–Crippen MR) is 71.2 cm³/mol. The van der Waals surface area contributed by atoms with Gasteiger partial charge in [0.05, 0.1) is 15.0 Å². The first-order valence-electron chi connectivity index (χ1n) is 5.11. The van der Waals surface area contributed by atoms with Gasteiger partial charge in [0.15, 0.2) is 5.13 Å². The molecule has 1 heterocycles. The maximum Gasteiger partial charge on any atom is 0.239 e. The average molecular weight is 317 g/mol. The van der Waals surface area contributed by atoms with E-state index in [4.69, 9.17) is 0 Å². The van der Waals surface area contributed by atoms with E-state index >= 15 is 0 Å². The molecule has 2 rings (SSSR count). The van der Waals surface area contributed by atoms with Gasteiger partial charge in [-0.05, 0) is 24.6 Å². The molecule has 0 unspecified atom stereocenters. The molecule has 0 aliphatic heterocycles. The summed E-state index contributed by atoms with van der Waals surface area (Å²) in [6.45, 7) is 1.91. The molecule has 17 heavy (non-hydrogen) atoms. The zero-order valence-electron chi connectivity index (χ0n) is 9.04. The van der Waals surface area contributed by atoms with Gasteiger partial charge in [-0.15, -0.1) is 0 Å². The van der Waals surface area contributed by atoms with E-state index in [0.717, 1.165) is 4.70 Å². The Kier molecular flexibility index (Phi) is 3.73. The number of hydrogen-bond acceptors (Lipinski definition) is 3. The maximum atomic E-state index is 13.0. The molecule has 0 spiro atoms. The normalized spacial score (nSPS) is 12.6. The van der Waals surface area contributed by atoms with Crippen LogP contribution in [0.15, 0.2) is 18.2 Å². The van der Waals surface area contributed by atoms with Crippen LogP contribution in [0.2, 0.25) is 0 Å². The highest BCUT2D eigenvalue weighted by molar-refractivity contribution is 9.10. The highest BCUT2D eigenvalue weighted by Crippen LogP contribution is 2.26. The highest BCUT2D eigenvalue weighted by Gasteiger charge is 2.14. The summed E-state index contributed by atoms with van der Waals surface area (Å²) in [6.07, 6.45) is 0.700. The molecule has 3 nitrogen and oxygen atoms in total. The zero-order valence-corrected chi connectivity index (χ0v) is 11.4. The molecule has 0 fully saturated rings. The number of thiazole rings is 1. The molecular formula is C11H10BrFN2OS. The number of rotatable bonds is 3. The van der Waals surface area contributed by atoms with Crippen LogP contribution in [0, 0.1) is 5.82 Å². The molecule has 0 aliphatic carbocycles. The molecule has 1 aromatic heterocycles. The van der Waals surface area contributed by atoms with Gasteiger partial charge in [-0.1, -0.05) is 34.2 Å². The number of carbonyl (C=O) groups is 1. The van der Waals surface area contributed by atoms with E-state index < -0.39 is 0 Å². The Morgan fingerprint density at radius 1 is 1.65 bits per heavy atom. The number of amides is 1. The Morgan fingerprint density at radius 3 is 3.12 bits per heavy atom. The Bertz CT molecular complexity index is 557. The van der Waals surface area contributed by atoms with Crippen LogP contribution in [-0.2, 0) is 4.79 Å². The minimum atomic E-state index is -0.300. The molecular weight excluding hydrogens is 307 g/mol. The molecule has 0 bridgehead atoms. The average Bonchev–Trinajstić information content (AvgIpc) is 2.69. The fourth-order valence-electron chi connectivity index (χ4n) is 1.32. The lowest BCUT2D eigenvalue weighted by atomic mass is 10.3. The summed E-state index contributed by atoms with van der Waals surface area (Å²) in [7, 11) is 0. The molecule has 1 amide bonds. The number of alkyl halides is 1. The van der Waals surface area contributed by atoms with Crippen molar-refractivity contribution in [1.82, 2.24) is 4.98 Å². The number of nitrogens with one attached hydrogen (secondary N) is 1. The standard InChI is InChI=1S/C11H10BrFN2OS/c1-2-7(12)10(16)15-11-14-8-4-3-6(13)5-9(8)17-11/h3-5,7H,2H2,1H3,(H,14,15,16)/t7-/m1/s1. The van der Waals surface area contributed by atoms with E-state index in [2.05, 4.69) is 26.2 Å². The molecule has 0 saturated heterocycles. The zero-order chi connectivity index (χ0) is 12.4. The lowest BCUT2D eigenvalue weighted by molar-refractivity contribution is -0.115. The van der Waals surface area contributed by atoms with Gasteiger partial charge in [-0.2, -0.15) is 0 Å². The second kappa shape index (κ2) is 5.10. The summed E-state index contributed by atoms with van der Waals surface area (Å²) >= 11 is 4.52. The second-order valence-electron chi connectivity index (χ2n) is 3.50. The lowest BCUT2D eigenvalue weighted by Gasteiger charge is -2.04. The number of carbonyl (C=O) groups excluding carboxylic acids is 1. The topological polar surface area (TPSA) is 42.0 Å². The van der Waals surface area contributed by atoms with E-state index in [1.54, 1.807) is 6.07 Å². The van der Waals surface area contributed by atoms with Crippen molar-refractivity contribution in [2.45, 2.75) is 18.2 Å². The van der Waals surface area contributed by atoms with Crippen LogP contribution in [0.4, 0.5) is 9.52 Å². The van der Waals surface area contributed by atoms with Crippen LogP contribution in [0.1, 0.15) is 13.3 Å². The van der Waals surface area contributed by atoms with Crippen molar-refractivity contribution in [3.63, 3.8) is 0 Å². The van der Waals surface area contributed by atoms with Gasteiger partial charge in [0.1, 0.15) is 5.82 Å². The van der Waals surface area contributed by atoms with Crippen LogP contribution >= 0.6 is 27.3 Å². The van der Waals surface area contributed by atoms with Crippen molar-refractivity contribution in [1.29, 1.82) is 0 Å². The summed E-state index contributed by atoms with van der Waals surface area (Å²) in [5, 5.41) is 3.19. The fourth-order valence-corrected chi connectivity index (χ4v) is 2.33. The largest absolute Gasteiger partial charge is 0.301 e. The maximum absolute atomic E-state index is 13.0. The van der Waals surface area contributed by atoms with Gasteiger partial charge >= 0.3 is 0 Å². The number of hydrogen-bond donors (Lipinski definition) is 1.